The molecule has 0 aromatic carbocycles. The van der Waals surface area contributed by atoms with Crippen LogP contribution in [0.3, 0.4) is 0 Å². The first-order valence-corrected chi connectivity index (χ1v) is 8.67. The van der Waals surface area contributed by atoms with E-state index in [0.717, 1.165) is 61.0 Å². The van der Waals surface area contributed by atoms with Crippen molar-refractivity contribution in [2.75, 3.05) is 13.2 Å². The van der Waals surface area contributed by atoms with Gasteiger partial charge in [0.1, 0.15) is 12.5 Å². The van der Waals surface area contributed by atoms with Crippen molar-refractivity contribution in [1.29, 1.82) is 0 Å². The van der Waals surface area contributed by atoms with Gasteiger partial charge in [-0.2, -0.15) is 0 Å². The van der Waals surface area contributed by atoms with E-state index in [1.165, 1.54) is 0 Å². The minimum Gasteiger partial charge on any atom is -0.381 e. The maximum Gasteiger partial charge on any atom is 0.147 e. The summed E-state index contributed by atoms with van der Waals surface area (Å²) in [6.07, 6.45) is 6.71. The second-order valence-electron chi connectivity index (χ2n) is 6.11. The number of hydrogen-bond acceptors (Lipinski definition) is 2. The summed E-state index contributed by atoms with van der Waals surface area (Å²) in [5.74, 6) is 1.03. The number of aromatic nitrogens is 2. The zero-order chi connectivity index (χ0) is 16.8. The van der Waals surface area contributed by atoms with Gasteiger partial charge in [-0.15, -0.1) is 0 Å². The summed E-state index contributed by atoms with van der Waals surface area (Å²) in [7, 11) is 0. The van der Waals surface area contributed by atoms with Crippen LogP contribution in [0.5, 0.6) is 0 Å². The Hall–Kier alpha value is -1.13. The number of halogens is 2. The molecular formula is C18H26ClFN2O. The molecular weight excluding hydrogens is 315 g/mol. The Kier molecular flexibility index (Phi) is 6.85. The van der Waals surface area contributed by atoms with Crippen LogP contribution in [0.4, 0.5) is 4.39 Å². The van der Waals surface area contributed by atoms with Crippen molar-refractivity contribution in [3.8, 4) is 0 Å². The molecule has 0 amide bonds. The van der Waals surface area contributed by atoms with Gasteiger partial charge >= 0.3 is 0 Å². The summed E-state index contributed by atoms with van der Waals surface area (Å²) in [5, 5.41) is 0.729. The Labute approximate surface area is 143 Å². The summed E-state index contributed by atoms with van der Waals surface area (Å²) in [6, 6.07) is 0. The molecule has 0 bridgehead atoms. The lowest BCUT2D eigenvalue weighted by Crippen LogP contribution is -2.21. The molecule has 0 saturated carbocycles. The minimum atomic E-state index is -0.546. The van der Waals surface area contributed by atoms with Gasteiger partial charge in [0.2, 0.25) is 0 Å². The molecule has 1 aliphatic heterocycles. The Morgan fingerprint density at radius 3 is 2.74 bits per heavy atom. The van der Waals surface area contributed by atoms with Crippen LogP contribution in [0.25, 0.3) is 6.08 Å². The fourth-order valence-electron chi connectivity index (χ4n) is 2.76. The van der Waals surface area contributed by atoms with Gasteiger partial charge in [-0.05, 0) is 51.2 Å². The highest BCUT2D eigenvalue weighted by atomic mass is 35.5. The number of allylic oxidation sites excluding steroid dienone is 3. The number of nitrogens with zero attached hydrogens (tertiary/aromatic N) is 2. The van der Waals surface area contributed by atoms with Gasteiger partial charge in [-0.1, -0.05) is 24.1 Å². The van der Waals surface area contributed by atoms with E-state index in [-0.39, 0.29) is 0 Å². The largest absolute Gasteiger partial charge is 0.381 e. The van der Waals surface area contributed by atoms with Crippen LogP contribution >= 0.6 is 11.6 Å². The smallest absolute Gasteiger partial charge is 0.147 e. The molecule has 23 heavy (non-hydrogen) atoms. The average Bonchev–Trinajstić information content (AvgIpc) is 2.88. The molecule has 0 unspecified atom stereocenters. The molecule has 5 heteroatoms. The van der Waals surface area contributed by atoms with Crippen LogP contribution in [-0.4, -0.2) is 22.8 Å². The van der Waals surface area contributed by atoms with E-state index in [0.29, 0.717) is 11.7 Å². The van der Waals surface area contributed by atoms with Gasteiger partial charge in [0.25, 0.3) is 0 Å². The van der Waals surface area contributed by atoms with Crippen molar-refractivity contribution in [2.24, 2.45) is 5.92 Å². The highest BCUT2D eigenvalue weighted by Crippen LogP contribution is 2.22. The van der Waals surface area contributed by atoms with Gasteiger partial charge in [0, 0.05) is 30.5 Å². The van der Waals surface area contributed by atoms with Crippen LogP contribution in [0.15, 0.2) is 16.7 Å². The number of alkyl halides is 1. The van der Waals surface area contributed by atoms with Gasteiger partial charge in [0.05, 0.1) is 5.69 Å². The Morgan fingerprint density at radius 1 is 1.43 bits per heavy atom. The third-order valence-electron chi connectivity index (χ3n) is 4.56. The third-order valence-corrected chi connectivity index (χ3v) is 5.01. The van der Waals surface area contributed by atoms with Crippen LogP contribution in [0.1, 0.15) is 50.3 Å². The zero-order valence-corrected chi connectivity index (χ0v) is 15.0. The first kappa shape index (κ1) is 18.2. The average molecular weight is 341 g/mol. The number of imidazole rings is 1. The third kappa shape index (κ3) is 4.67. The SMILES string of the molecule is CC/C(C)=C(Cl)/C=C\c1nc(CF)n(CC2CCOCC2)c1C. The highest BCUT2D eigenvalue weighted by molar-refractivity contribution is 6.31. The van der Waals surface area contributed by atoms with Crippen molar-refractivity contribution < 1.29 is 9.13 Å². The summed E-state index contributed by atoms with van der Waals surface area (Å²) in [5.41, 5.74) is 2.93. The van der Waals surface area contributed by atoms with E-state index in [1.807, 2.05) is 30.6 Å². The van der Waals surface area contributed by atoms with Crippen molar-refractivity contribution in [2.45, 2.75) is 53.3 Å². The molecule has 0 aliphatic carbocycles. The molecule has 1 aromatic rings. The van der Waals surface area contributed by atoms with Crippen molar-refractivity contribution in [3.05, 3.63) is 33.9 Å². The minimum absolute atomic E-state index is 0.501. The van der Waals surface area contributed by atoms with Crippen LogP contribution in [0.2, 0.25) is 0 Å². The predicted octanol–water partition coefficient (Wildman–Crippen LogP) is 5.02. The lowest BCUT2D eigenvalue weighted by molar-refractivity contribution is 0.0607. The molecule has 0 radical (unpaired) electrons. The maximum atomic E-state index is 13.3. The molecule has 2 heterocycles. The summed E-state index contributed by atoms with van der Waals surface area (Å²) in [4.78, 5) is 4.44. The number of ether oxygens (including phenoxy) is 1. The second kappa shape index (κ2) is 8.65. The van der Waals surface area contributed by atoms with E-state index < -0.39 is 6.67 Å². The van der Waals surface area contributed by atoms with E-state index in [2.05, 4.69) is 11.9 Å². The summed E-state index contributed by atoms with van der Waals surface area (Å²) < 4.78 is 20.8. The summed E-state index contributed by atoms with van der Waals surface area (Å²) in [6.45, 7) is 7.94. The highest BCUT2D eigenvalue weighted by Gasteiger charge is 2.19. The number of rotatable bonds is 6. The van der Waals surface area contributed by atoms with Gasteiger partial charge in [0.15, 0.2) is 0 Å². The van der Waals surface area contributed by atoms with Gasteiger partial charge in [-0.3, -0.25) is 0 Å². The van der Waals surface area contributed by atoms with E-state index in [4.69, 9.17) is 16.3 Å². The molecule has 2 rings (SSSR count). The molecule has 1 fully saturated rings. The maximum absolute atomic E-state index is 13.3. The quantitative estimate of drug-likeness (QED) is 0.679. The van der Waals surface area contributed by atoms with E-state index >= 15 is 0 Å². The van der Waals surface area contributed by atoms with E-state index in [1.54, 1.807) is 0 Å². The van der Waals surface area contributed by atoms with E-state index in [9.17, 15) is 4.39 Å². The number of hydrogen-bond donors (Lipinski definition) is 0. The topological polar surface area (TPSA) is 27.1 Å². The lowest BCUT2D eigenvalue weighted by Gasteiger charge is -2.23. The Balaban J connectivity index is 2.20. The standard InChI is InChI=1S/C18H26ClFN2O/c1-4-13(2)16(19)5-6-17-14(3)22(18(11-20)21-17)12-15-7-9-23-10-8-15/h5-6,15H,4,7-12H2,1-3H3/b6-5-,16-13-. The normalized spacial score (nSPS) is 17.8. The van der Waals surface area contributed by atoms with Crippen molar-refractivity contribution >= 4 is 17.7 Å². The second-order valence-corrected chi connectivity index (χ2v) is 6.52. The molecule has 0 spiro atoms. The molecule has 1 aromatic heterocycles. The molecule has 0 N–H and O–H groups in total. The summed E-state index contributed by atoms with van der Waals surface area (Å²) >= 11 is 6.24. The first-order chi connectivity index (χ1) is 11.1. The van der Waals surface area contributed by atoms with Gasteiger partial charge < -0.3 is 9.30 Å². The van der Waals surface area contributed by atoms with Crippen LogP contribution < -0.4 is 0 Å². The predicted molar refractivity (Wildman–Crippen MR) is 93.2 cm³/mol. The Bertz CT molecular complexity index is 586. The molecule has 3 nitrogen and oxygen atoms in total. The lowest BCUT2D eigenvalue weighted by atomic mass is 10.0. The monoisotopic (exact) mass is 340 g/mol. The Morgan fingerprint density at radius 2 is 2.13 bits per heavy atom. The molecule has 1 saturated heterocycles. The van der Waals surface area contributed by atoms with Gasteiger partial charge in [-0.25, -0.2) is 9.37 Å². The van der Waals surface area contributed by atoms with Crippen molar-refractivity contribution in [3.63, 3.8) is 0 Å². The molecule has 0 atom stereocenters. The van der Waals surface area contributed by atoms with Crippen LogP contribution in [0, 0.1) is 12.8 Å². The fraction of sp³-hybridized carbons (Fsp3) is 0.611. The van der Waals surface area contributed by atoms with Crippen LogP contribution in [-0.2, 0) is 18.0 Å². The molecule has 128 valence electrons. The molecule has 1 aliphatic rings. The van der Waals surface area contributed by atoms with Crippen molar-refractivity contribution in [1.82, 2.24) is 9.55 Å². The fourth-order valence-corrected chi connectivity index (χ4v) is 2.96. The zero-order valence-electron chi connectivity index (χ0n) is 14.2. The first-order valence-electron chi connectivity index (χ1n) is 8.29.